The first-order valence-electron chi connectivity index (χ1n) is 10.2. The second-order valence-electron chi connectivity index (χ2n) is 7.67. The monoisotopic (exact) mass is 486 g/mol. The van der Waals surface area contributed by atoms with Gasteiger partial charge in [0.15, 0.2) is 0 Å². The van der Waals surface area contributed by atoms with Crippen molar-refractivity contribution in [3.8, 4) is 0 Å². The van der Waals surface area contributed by atoms with Crippen molar-refractivity contribution in [1.29, 1.82) is 0 Å². The smallest absolute Gasteiger partial charge is 0.294 e. The Balaban J connectivity index is 1.65. The van der Waals surface area contributed by atoms with E-state index in [-0.39, 0.29) is 15.8 Å². The number of thiazole rings is 1. The summed E-state index contributed by atoms with van der Waals surface area (Å²) in [5.74, 6) is 0. The molecule has 32 heavy (non-hydrogen) atoms. The lowest BCUT2D eigenvalue weighted by molar-refractivity contribution is 0.550. The van der Waals surface area contributed by atoms with Crippen molar-refractivity contribution in [3.05, 3.63) is 98.1 Å². The zero-order chi connectivity index (χ0) is 22.9. The Morgan fingerprint density at radius 3 is 2.47 bits per heavy atom. The predicted molar refractivity (Wildman–Crippen MR) is 131 cm³/mol. The fraction of sp³-hybridized carbons (Fsp3) is 0.208. The lowest BCUT2D eigenvalue weighted by atomic mass is 10.0. The van der Waals surface area contributed by atoms with E-state index in [2.05, 4.69) is 4.72 Å². The minimum absolute atomic E-state index is 0.140. The summed E-state index contributed by atoms with van der Waals surface area (Å²) in [6.45, 7) is 4.26. The Kier molecular flexibility index (Phi) is 6.53. The second kappa shape index (κ2) is 9.19. The van der Waals surface area contributed by atoms with Crippen molar-refractivity contribution in [2.45, 2.75) is 37.8 Å². The molecule has 4 rings (SSSR count). The van der Waals surface area contributed by atoms with E-state index in [1.807, 2.05) is 56.3 Å². The molecule has 0 spiro atoms. The van der Waals surface area contributed by atoms with E-state index in [4.69, 9.17) is 11.6 Å². The molecular weight excluding hydrogens is 464 g/mol. The van der Waals surface area contributed by atoms with Gasteiger partial charge in [-0.25, -0.2) is 13.1 Å². The molecule has 0 aliphatic heterocycles. The zero-order valence-electron chi connectivity index (χ0n) is 17.7. The highest BCUT2D eigenvalue weighted by molar-refractivity contribution is 7.89. The first-order chi connectivity index (χ1) is 15.3. The molecule has 0 amide bonds. The van der Waals surface area contributed by atoms with Gasteiger partial charge in [0.2, 0.25) is 10.0 Å². The standard InChI is InChI=1S/C24H23ClN2O3S2/c1-3-21(17-10-8-16(2)9-11-17)26-32(29,30)19-12-13-22-23(14-19)31-24(28)27(22)15-18-6-4-5-7-20(18)25/h4-14,21,26H,3,15H2,1-2H3. The number of halogens is 1. The highest BCUT2D eigenvalue weighted by atomic mass is 35.5. The molecule has 166 valence electrons. The van der Waals surface area contributed by atoms with Gasteiger partial charge in [0.05, 0.1) is 21.7 Å². The van der Waals surface area contributed by atoms with Crippen LogP contribution in [0.25, 0.3) is 10.2 Å². The van der Waals surface area contributed by atoms with Crippen LogP contribution in [0.1, 0.15) is 36.1 Å². The Morgan fingerprint density at radius 2 is 1.78 bits per heavy atom. The van der Waals surface area contributed by atoms with Crippen molar-refractivity contribution in [1.82, 2.24) is 9.29 Å². The van der Waals surface area contributed by atoms with E-state index in [0.717, 1.165) is 28.0 Å². The molecule has 0 fully saturated rings. The van der Waals surface area contributed by atoms with Crippen molar-refractivity contribution in [3.63, 3.8) is 0 Å². The Hall–Kier alpha value is -2.45. The summed E-state index contributed by atoms with van der Waals surface area (Å²) in [7, 11) is -3.77. The maximum atomic E-state index is 13.1. The van der Waals surface area contributed by atoms with E-state index in [1.54, 1.807) is 28.8 Å². The number of aryl methyl sites for hydroxylation is 1. The minimum atomic E-state index is -3.77. The van der Waals surface area contributed by atoms with Crippen molar-refractivity contribution < 1.29 is 8.42 Å². The summed E-state index contributed by atoms with van der Waals surface area (Å²) < 4.78 is 31.2. The third-order valence-electron chi connectivity index (χ3n) is 5.42. The fourth-order valence-corrected chi connectivity index (χ4v) is 6.14. The number of sulfonamides is 1. The van der Waals surface area contributed by atoms with Crippen LogP contribution in [-0.2, 0) is 16.6 Å². The normalized spacial score (nSPS) is 12.8. The molecule has 1 aromatic heterocycles. The van der Waals surface area contributed by atoms with Crippen LogP contribution in [0.3, 0.4) is 0 Å². The van der Waals surface area contributed by atoms with Crippen LogP contribution in [0, 0.1) is 6.92 Å². The van der Waals surface area contributed by atoms with E-state index in [9.17, 15) is 13.2 Å². The number of fused-ring (bicyclic) bond motifs is 1. The van der Waals surface area contributed by atoms with Crippen LogP contribution in [0.4, 0.5) is 0 Å². The Labute approximate surface area is 196 Å². The third-order valence-corrected chi connectivity index (χ3v) is 8.20. The molecule has 0 aliphatic carbocycles. The molecule has 0 saturated heterocycles. The van der Waals surface area contributed by atoms with E-state index < -0.39 is 10.0 Å². The fourth-order valence-electron chi connectivity index (χ4n) is 3.60. The summed E-state index contributed by atoms with van der Waals surface area (Å²) in [5, 5.41) is 0.587. The molecule has 1 N–H and O–H groups in total. The summed E-state index contributed by atoms with van der Waals surface area (Å²) in [6.07, 6.45) is 0.617. The van der Waals surface area contributed by atoms with Crippen LogP contribution in [0.15, 0.2) is 76.4 Å². The lowest BCUT2D eigenvalue weighted by Crippen LogP contribution is -2.28. The first-order valence-corrected chi connectivity index (χ1v) is 12.9. The third kappa shape index (κ3) is 4.66. The summed E-state index contributed by atoms with van der Waals surface area (Å²) in [6, 6.07) is 19.6. The highest BCUT2D eigenvalue weighted by Gasteiger charge is 2.22. The van der Waals surface area contributed by atoms with Gasteiger partial charge in [-0.15, -0.1) is 0 Å². The van der Waals surface area contributed by atoms with Gasteiger partial charge in [0, 0.05) is 11.1 Å². The quantitative estimate of drug-likeness (QED) is 0.375. The van der Waals surface area contributed by atoms with Gasteiger partial charge in [-0.2, -0.15) is 0 Å². The molecular formula is C24H23ClN2O3S2. The number of benzene rings is 3. The zero-order valence-corrected chi connectivity index (χ0v) is 20.1. The number of nitrogens with zero attached hydrogens (tertiary/aromatic N) is 1. The number of aromatic nitrogens is 1. The van der Waals surface area contributed by atoms with Crippen LogP contribution < -0.4 is 9.60 Å². The number of hydrogen-bond acceptors (Lipinski definition) is 4. The summed E-state index contributed by atoms with van der Waals surface area (Å²) in [4.78, 5) is 12.6. The predicted octanol–water partition coefficient (Wildman–Crippen LogP) is 5.50. The highest BCUT2D eigenvalue weighted by Crippen LogP contribution is 2.26. The average molecular weight is 487 g/mol. The molecule has 1 heterocycles. The molecule has 0 radical (unpaired) electrons. The molecule has 0 bridgehead atoms. The van der Waals surface area contributed by atoms with Crippen LogP contribution in [0.5, 0.6) is 0 Å². The average Bonchev–Trinajstić information content (AvgIpc) is 3.08. The number of nitrogens with one attached hydrogen (secondary N) is 1. The van der Waals surface area contributed by atoms with E-state index in [0.29, 0.717) is 28.2 Å². The van der Waals surface area contributed by atoms with Gasteiger partial charge >= 0.3 is 4.87 Å². The Bertz CT molecular complexity index is 1420. The van der Waals surface area contributed by atoms with Crippen LogP contribution in [-0.4, -0.2) is 13.0 Å². The molecule has 5 nitrogen and oxygen atoms in total. The lowest BCUT2D eigenvalue weighted by Gasteiger charge is -2.18. The molecule has 3 aromatic carbocycles. The number of rotatable bonds is 7. The van der Waals surface area contributed by atoms with Crippen molar-refractivity contribution in [2.75, 3.05) is 0 Å². The van der Waals surface area contributed by atoms with E-state index >= 15 is 0 Å². The van der Waals surface area contributed by atoms with Crippen molar-refractivity contribution >= 4 is 43.2 Å². The molecule has 1 unspecified atom stereocenters. The maximum Gasteiger partial charge on any atom is 0.308 e. The van der Waals surface area contributed by atoms with Crippen LogP contribution >= 0.6 is 22.9 Å². The number of hydrogen-bond donors (Lipinski definition) is 1. The maximum absolute atomic E-state index is 13.1. The van der Waals surface area contributed by atoms with Gasteiger partial charge in [-0.3, -0.25) is 9.36 Å². The Morgan fingerprint density at radius 1 is 1.06 bits per heavy atom. The minimum Gasteiger partial charge on any atom is -0.294 e. The molecule has 1 atom stereocenters. The SMILES string of the molecule is CCC(NS(=O)(=O)c1ccc2c(c1)sc(=O)n2Cc1ccccc1Cl)c1ccc(C)cc1. The molecule has 8 heteroatoms. The first kappa shape index (κ1) is 22.7. The van der Waals surface area contributed by atoms with Gasteiger partial charge in [-0.1, -0.05) is 77.9 Å². The molecule has 0 saturated carbocycles. The van der Waals surface area contributed by atoms with Crippen molar-refractivity contribution in [2.24, 2.45) is 0 Å². The van der Waals surface area contributed by atoms with Gasteiger partial charge in [-0.05, 0) is 48.7 Å². The van der Waals surface area contributed by atoms with Gasteiger partial charge < -0.3 is 0 Å². The summed E-state index contributed by atoms with van der Waals surface area (Å²) >= 11 is 7.28. The molecule has 4 aromatic rings. The van der Waals surface area contributed by atoms with Crippen LogP contribution in [0.2, 0.25) is 5.02 Å². The summed E-state index contributed by atoms with van der Waals surface area (Å²) in [5.41, 5.74) is 3.55. The topological polar surface area (TPSA) is 68.2 Å². The van der Waals surface area contributed by atoms with Gasteiger partial charge in [0.25, 0.3) is 0 Å². The second-order valence-corrected chi connectivity index (χ2v) is 10.8. The van der Waals surface area contributed by atoms with Gasteiger partial charge in [0.1, 0.15) is 0 Å². The molecule has 0 aliphatic rings. The van der Waals surface area contributed by atoms with E-state index in [1.165, 1.54) is 0 Å². The largest absolute Gasteiger partial charge is 0.308 e.